The first-order valence-electron chi connectivity index (χ1n) is 5.41. The van der Waals surface area contributed by atoms with Gasteiger partial charge in [-0.05, 0) is 39.7 Å². The molecule has 0 bridgehead atoms. The lowest BCUT2D eigenvalue weighted by molar-refractivity contribution is -0.123. The molecular formula is C13H20O3. The van der Waals surface area contributed by atoms with Gasteiger partial charge in [0.25, 0.3) is 0 Å². The summed E-state index contributed by atoms with van der Waals surface area (Å²) >= 11 is 0. The van der Waals surface area contributed by atoms with Crippen LogP contribution in [0, 0.1) is 0 Å². The fourth-order valence-electron chi connectivity index (χ4n) is 1.25. The van der Waals surface area contributed by atoms with Gasteiger partial charge >= 0.3 is 0 Å². The molecule has 0 aromatic rings. The van der Waals surface area contributed by atoms with Crippen molar-refractivity contribution in [3.05, 3.63) is 23.3 Å². The Morgan fingerprint density at radius 3 is 2.25 bits per heavy atom. The maximum Gasteiger partial charge on any atom is 0.162 e. The van der Waals surface area contributed by atoms with E-state index >= 15 is 0 Å². The minimum absolute atomic E-state index is 0.0111. The van der Waals surface area contributed by atoms with Gasteiger partial charge in [0.05, 0.1) is 13.0 Å². The molecule has 0 saturated heterocycles. The second-order valence-corrected chi connectivity index (χ2v) is 4.08. The summed E-state index contributed by atoms with van der Waals surface area (Å²) in [5.41, 5.74) is 1.90. The Morgan fingerprint density at radius 2 is 1.75 bits per heavy atom. The normalized spacial score (nSPS) is 12.8. The van der Waals surface area contributed by atoms with E-state index in [0.717, 1.165) is 24.0 Å². The van der Waals surface area contributed by atoms with Crippen LogP contribution in [0.2, 0.25) is 0 Å². The van der Waals surface area contributed by atoms with Crippen LogP contribution in [0.4, 0.5) is 0 Å². The number of carbonyl (C=O) groups is 2. The van der Waals surface area contributed by atoms with Crippen molar-refractivity contribution >= 4 is 11.6 Å². The highest BCUT2D eigenvalue weighted by molar-refractivity contribution is 6.03. The Hall–Kier alpha value is -1.22. The van der Waals surface area contributed by atoms with E-state index in [9.17, 15) is 9.59 Å². The van der Waals surface area contributed by atoms with E-state index in [4.69, 9.17) is 5.11 Å². The summed E-state index contributed by atoms with van der Waals surface area (Å²) in [7, 11) is 0. The van der Waals surface area contributed by atoms with Crippen LogP contribution in [0.1, 0.15) is 40.0 Å². The highest BCUT2D eigenvalue weighted by Crippen LogP contribution is 2.07. The van der Waals surface area contributed by atoms with Crippen molar-refractivity contribution in [1.29, 1.82) is 0 Å². The zero-order chi connectivity index (χ0) is 12.6. The molecule has 3 nitrogen and oxygen atoms in total. The highest BCUT2D eigenvalue weighted by atomic mass is 16.3. The van der Waals surface area contributed by atoms with E-state index in [-0.39, 0.29) is 24.6 Å². The third kappa shape index (κ3) is 8.12. The molecule has 0 aromatic carbocycles. The van der Waals surface area contributed by atoms with Gasteiger partial charge in [0.1, 0.15) is 5.78 Å². The lowest BCUT2D eigenvalue weighted by atomic mass is 10.1. The molecule has 0 rings (SSSR count). The Bertz CT molecular complexity index is 311. The van der Waals surface area contributed by atoms with Crippen LogP contribution >= 0.6 is 0 Å². The summed E-state index contributed by atoms with van der Waals surface area (Å²) in [6, 6.07) is 0. The second kappa shape index (κ2) is 7.99. The monoisotopic (exact) mass is 224 g/mol. The molecule has 0 unspecified atom stereocenters. The SMILES string of the molecule is CC(=O)CC(=O)/C=C(\C)CC/C=C(\C)CO. The van der Waals surface area contributed by atoms with E-state index in [1.165, 1.54) is 13.0 Å². The van der Waals surface area contributed by atoms with Gasteiger partial charge in [-0.3, -0.25) is 9.59 Å². The van der Waals surface area contributed by atoms with Crippen molar-refractivity contribution in [3.63, 3.8) is 0 Å². The second-order valence-electron chi connectivity index (χ2n) is 4.08. The number of carbonyl (C=O) groups excluding carboxylic acids is 2. The summed E-state index contributed by atoms with van der Waals surface area (Å²) < 4.78 is 0. The Kier molecular flexibility index (Phi) is 7.38. The predicted molar refractivity (Wildman–Crippen MR) is 64.1 cm³/mol. The number of aliphatic hydroxyl groups is 1. The molecule has 0 aliphatic rings. The van der Waals surface area contributed by atoms with Gasteiger partial charge in [0.15, 0.2) is 5.78 Å². The number of allylic oxidation sites excluding steroid dienone is 3. The zero-order valence-electron chi connectivity index (χ0n) is 10.2. The van der Waals surface area contributed by atoms with Crippen LogP contribution in [0.5, 0.6) is 0 Å². The highest BCUT2D eigenvalue weighted by Gasteiger charge is 2.02. The van der Waals surface area contributed by atoms with Crippen molar-refractivity contribution in [1.82, 2.24) is 0 Å². The zero-order valence-corrected chi connectivity index (χ0v) is 10.2. The smallest absolute Gasteiger partial charge is 0.162 e. The standard InChI is InChI=1S/C13H20O3/c1-10(5-4-6-11(2)9-14)7-13(16)8-12(3)15/h6-7,14H,4-5,8-9H2,1-3H3/b10-7+,11-6+. The summed E-state index contributed by atoms with van der Waals surface area (Å²) in [4.78, 5) is 22.0. The number of ketones is 2. The largest absolute Gasteiger partial charge is 0.392 e. The third-order valence-corrected chi connectivity index (χ3v) is 2.11. The van der Waals surface area contributed by atoms with Gasteiger partial charge in [0, 0.05) is 0 Å². The van der Waals surface area contributed by atoms with E-state index in [1.807, 2.05) is 19.9 Å². The van der Waals surface area contributed by atoms with Crippen molar-refractivity contribution in [2.45, 2.75) is 40.0 Å². The van der Waals surface area contributed by atoms with E-state index in [2.05, 4.69) is 0 Å². The molecule has 0 heterocycles. The minimum atomic E-state index is -0.132. The summed E-state index contributed by atoms with van der Waals surface area (Å²) in [6.07, 6.45) is 5.06. The minimum Gasteiger partial charge on any atom is -0.392 e. The quantitative estimate of drug-likeness (QED) is 0.410. The van der Waals surface area contributed by atoms with Crippen LogP contribution in [-0.2, 0) is 9.59 Å². The lowest BCUT2D eigenvalue weighted by Crippen LogP contribution is -2.01. The van der Waals surface area contributed by atoms with Crippen molar-refractivity contribution in [2.24, 2.45) is 0 Å². The molecule has 0 aliphatic heterocycles. The average Bonchev–Trinajstić information content (AvgIpc) is 2.15. The van der Waals surface area contributed by atoms with Crippen LogP contribution in [-0.4, -0.2) is 23.3 Å². The number of hydrogen-bond acceptors (Lipinski definition) is 3. The first-order chi connectivity index (χ1) is 7.45. The van der Waals surface area contributed by atoms with Gasteiger partial charge < -0.3 is 5.11 Å². The van der Waals surface area contributed by atoms with Crippen molar-refractivity contribution in [3.8, 4) is 0 Å². The van der Waals surface area contributed by atoms with Gasteiger partial charge in [-0.25, -0.2) is 0 Å². The number of Topliss-reactive ketones (excluding diaryl/α,β-unsaturated/α-hetero) is 1. The van der Waals surface area contributed by atoms with E-state index in [1.54, 1.807) is 0 Å². The molecule has 1 N–H and O–H groups in total. The van der Waals surface area contributed by atoms with Crippen LogP contribution in [0.3, 0.4) is 0 Å². The topological polar surface area (TPSA) is 54.4 Å². The fraction of sp³-hybridized carbons (Fsp3) is 0.538. The third-order valence-electron chi connectivity index (χ3n) is 2.11. The van der Waals surface area contributed by atoms with E-state index < -0.39 is 0 Å². The fourth-order valence-corrected chi connectivity index (χ4v) is 1.25. The Labute approximate surface area is 96.9 Å². The lowest BCUT2D eigenvalue weighted by Gasteiger charge is -1.99. The molecule has 90 valence electrons. The van der Waals surface area contributed by atoms with Crippen molar-refractivity contribution in [2.75, 3.05) is 6.61 Å². The van der Waals surface area contributed by atoms with Gasteiger partial charge in [-0.2, -0.15) is 0 Å². The average molecular weight is 224 g/mol. The maximum absolute atomic E-state index is 11.3. The van der Waals surface area contributed by atoms with Gasteiger partial charge in [0.2, 0.25) is 0 Å². The van der Waals surface area contributed by atoms with Crippen LogP contribution in [0.15, 0.2) is 23.3 Å². The van der Waals surface area contributed by atoms with Crippen LogP contribution < -0.4 is 0 Å². The molecule has 3 heteroatoms. The molecule has 0 spiro atoms. The number of hydrogen-bond donors (Lipinski definition) is 1. The van der Waals surface area contributed by atoms with Crippen molar-refractivity contribution < 1.29 is 14.7 Å². The van der Waals surface area contributed by atoms with Crippen LogP contribution in [0.25, 0.3) is 0 Å². The number of rotatable bonds is 7. The van der Waals surface area contributed by atoms with Gasteiger partial charge in [-0.15, -0.1) is 0 Å². The molecule has 0 amide bonds. The molecule has 0 aromatic heterocycles. The molecule has 0 saturated carbocycles. The Balaban J connectivity index is 4.05. The first-order valence-corrected chi connectivity index (χ1v) is 5.41. The summed E-state index contributed by atoms with van der Waals surface area (Å²) in [5.74, 6) is -0.238. The molecular weight excluding hydrogens is 204 g/mol. The summed E-state index contributed by atoms with van der Waals surface area (Å²) in [5, 5.41) is 8.77. The first kappa shape index (κ1) is 14.8. The van der Waals surface area contributed by atoms with E-state index in [0.29, 0.717) is 0 Å². The Morgan fingerprint density at radius 1 is 1.12 bits per heavy atom. The molecule has 0 fully saturated rings. The molecule has 0 aliphatic carbocycles. The molecule has 16 heavy (non-hydrogen) atoms. The summed E-state index contributed by atoms with van der Waals surface area (Å²) in [6.45, 7) is 5.22. The predicted octanol–water partition coefficient (Wildman–Crippen LogP) is 2.20. The maximum atomic E-state index is 11.3. The molecule has 0 atom stereocenters. The number of aliphatic hydroxyl groups excluding tert-OH is 1. The van der Waals surface area contributed by atoms with Gasteiger partial charge in [-0.1, -0.05) is 17.2 Å². The molecule has 0 radical (unpaired) electrons.